The number of fused-ring (bicyclic) bond motifs is 1. The lowest BCUT2D eigenvalue weighted by molar-refractivity contribution is -0.119. The number of hydrogen-bond acceptors (Lipinski definition) is 5. The van der Waals surface area contributed by atoms with Crippen molar-refractivity contribution in [3.8, 4) is 17.0 Å². The van der Waals surface area contributed by atoms with Crippen LogP contribution < -0.4 is 15.8 Å². The molecule has 0 fully saturated rings. The van der Waals surface area contributed by atoms with E-state index in [1.54, 1.807) is 12.1 Å². The van der Waals surface area contributed by atoms with Crippen molar-refractivity contribution in [2.45, 2.75) is 6.92 Å². The molecule has 0 spiro atoms. The fraction of sp³-hybridized carbons (Fsp3) is 0.0870. The topological polar surface area (TPSA) is 90.1 Å². The van der Waals surface area contributed by atoms with E-state index in [2.05, 4.69) is 46.7 Å². The number of carbonyl (C=O) groups excluding carboxylic acids is 1. The molecule has 144 valence electrons. The Bertz CT molecular complexity index is 1160. The molecule has 1 aromatic heterocycles. The van der Waals surface area contributed by atoms with E-state index in [0.29, 0.717) is 11.6 Å². The number of aryl methyl sites for hydroxylation is 1. The third-order valence-corrected chi connectivity index (χ3v) is 4.51. The summed E-state index contributed by atoms with van der Waals surface area (Å²) in [6.45, 7) is 1.91. The Hall–Kier alpha value is -3.93. The summed E-state index contributed by atoms with van der Waals surface area (Å²) >= 11 is 0. The number of amides is 1. The first kappa shape index (κ1) is 18.4. The molecule has 0 aliphatic rings. The minimum atomic E-state index is -0.511. The summed E-state index contributed by atoms with van der Waals surface area (Å²) in [5.41, 5.74) is 9.01. The Morgan fingerprint density at radius 2 is 1.62 bits per heavy atom. The molecule has 0 saturated carbocycles. The summed E-state index contributed by atoms with van der Waals surface area (Å²) in [7, 11) is 0. The Morgan fingerprint density at radius 1 is 0.931 bits per heavy atom. The summed E-state index contributed by atoms with van der Waals surface area (Å²) in [6.07, 6.45) is 0. The lowest BCUT2D eigenvalue weighted by Crippen LogP contribution is -2.19. The van der Waals surface area contributed by atoms with Crippen molar-refractivity contribution in [2.24, 2.45) is 5.73 Å². The number of hydrogen-bond donors (Lipinski definition) is 2. The average Bonchev–Trinajstić information content (AvgIpc) is 2.74. The average molecular weight is 384 g/mol. The van der Waals surface area contributed by atoms with E-state index < -0.39 is 5.91 Å². The van der Waals surface area contributed by atoms with Gasteiger partial charge in [-0.1, -0.05) is 54.1 Å². The van der Waals surface area contributed by atoms with Crippen LogP contribution in [-0.4, -0.2) is 22.7 Å². The van der Waals surface area contributed by atoms with Gasteiger partial charge in [0.2, 0.25) is 0 Å². The Labute approximate surface area is 168 Å². The number of nitrogens with one attached hydrogen (secondary N) is 1. The lowest BCUT2D eigenvalue weighted by atomic mass is 10.0. The first-order valence-electron chi connectivity index (χ1n) is 9.21. The number of anilines is 2. The molecule has 0 aliphatic carbocycles. The maximum absolute atomic E-state index is 10.8. The van der Waals surface area contributed by atoms with E-state index in [0.717, 1.165) is 27.7 Å². The second kappa shape index (κ2) is 7.98. The number of carbonyl (C=O) groups is 1. The Morgan fingerprint density at radius 3 is 2.31 bits per heavy atom. The highest BCUT2D eigenvalue weighted by molar-refractivity contribution is 6.00. The highest BCUT2D eigenvalue weighted by atomic mass is 16.5. The van der Waals surface area contributed by atoms with Gasteiger partial charge in [0.1, 0.15) is 11.4 Å². The van der Waals surface area contributed by atoms with Crippen LogP contribution in [-0.2, 0) is 4.79 Å². The van der Waals surface area contributed by atoms with Crippen molar-refractivity contribution in [1.82, 2.24) is 10.2 Å². The summed E-state index contributed by atoms with van der Waals surface area (Å²) in [4.78, 5) is 10.8. The van der Waals surface area contributed by atoms with Crippen molar-refractivity contribution in [3.63, 3.8) is 0 Å². The van der Waals surface area contributed by atoms with Gasteiger partial charge in [0.25, 0.3) is 5.91 Å². The molecule has 0 saturated heterocycles. The van der Waals surface area contributed by atoms with Gasteiger partial charge in [0.15, 0.2) is 12.4 Å². The second-order valence-electron chi connectivity index (χ2n) is 6.71. The minimum Gasteiger partial charge on any atom is -0.484 e. The second-order valence-corrected chi connectivity index (χ2v) is 6.71. The Balaban J connectivity index is 1.64. The molecule has 0 bridgehead atoms. The molecule has 1 heterocycles. The molecule has 29 heavy (non-hydrogen) atoms. The number of benzene rings is 3. The highest BCUT2D eigenvalue weighted by Crippen LogP contribution is 2.31. The zero-order valence-corrected chi connectivity index (χ0v) is 15.9. The van der Waals surface area contributed by atoms with E-state index in [9.17, 15) is 4.79 Å². The van der Waals surface area contributed by atoms with Gasteiger partial charge in [0, 0.05) is 22.0 Å². The van der Waals surface area contributed by atoms with Gasteiger partial charge in [-0.25, -0.2) is 0 Å². The first-order valence-corrected chi connectivity index (χ1v) is 9.21. The molecule has 6 heteroatoms. The van der Waals surface area contributed by atoms with Crippen molar-refractivity contribution in [1.29, 1.82) is 0 Å². The normalized spacial score (nSPS) is 10.7. The fourth-order valence-corrected chi connectivity index (χ4v) is 3.05. The zero-order valence-electron chi connectivity index (χ0n) is 15.9. The number of rotatable bonds is 6. The van der Waals surface area contributed by atoms with Gasteiger partial charge >= 0.3 is 0 Å². The van der Waals surface area contributed by atoms with Crippen LogP contribution in [0.2, 0.25) is 0 Å². The summed E-state index contributed by atoms with van der Waals surface area (Å²) in [5.74, 6) is 0.727. The van der Waals surface area contributed by atoms with Crippen LogP contribution >= 0.6 is 0 Å². The predicted octanol–water partition coefficient (Wildman–Crippen LogP) is 4.21. The molecule has 3 aromatic carbocycles. The van der Waals surface area contributed by atoms with Crippen LogP contribution in [0.5, 0.6) is 5.75 Å². The maximum atomic E-state index is 10.8. The van der Waals surface area contributed by atoms with Crippen LogP contribution in [0.3, 0.4) is 0 Å². The lowest BCUT2D eigenvalue weighted by Gasteiger charge is -2.12. The molecule has 4 aromatic rings. The summed E-state index contributed by atoms with van der Waals surface area (Å²) < 4.78 is 5.29. The molecule has 0 radical (unpaired) electrons. The van der Waals surface area contributed by atoms with E-state index in [1.165, 1.54) is 5.56 Å². The Kier molecular flexibility index (Phi) is 5.07. The molecular weight excluding hydrogens is 364 g/mol. The van der Waals surface area contributed by atoms with E-state index >= 15 is 0 Å². The van der Waals surface area contributed by atoms with Crippen molar-refractivity contribution >= 4 is 28.2 Å². The fourth-order valence-electron chi connectivity index (χ4n) is 3.05. The minimum absolute atomic E-state index is 0.149. The summed E-state index contributed by atoms with van der Waals surface area (Å²) in [6, 6.07) is 23.5. The summed E-state index contributed by atoms with van der Waals surface area (Å²) in [5, 5.41) is 14.2. The predicted molar refractivity (Wildman–Crippen MR) is 114 cm³/mol. The molecule has 0 aliphatic heterocycles. The molecule has 3 N–H and O–H groups in total. The number of nitrogens with two attached hydrogens (primary N) is 1. The van der Waals surface area contributed by atoms with Gasteiger partial charge in [0.05, 0.1) is 0 Å². The highest BCUT2D eigenvalue weighted by Gasteiger charge is 2.11. The molecule has 1 amide bonds. The third kappa shape index (κ3) is 4.16. The zero-order chi connectivity index (χ0) is 20.2. The number of ether oxygens (including phenoxy) is 1. The number of nitrogens with zero attached hydrogens (tertiary/aromatic N) is 2. The van der Waals surface area contributed by atoms with Gasteiger partial charge in [-0.05, 0) is 31.2 Å². The van der Waals surface area contributed by atoms with Gasteiger partial charge in [-0.2, -0.15) is 0 Å². The molecule has 0 atom stereocenters. The van der Waals surface area contributed by atoms with E-state index in [1.807, 2.05) is 36.4 Å². The first-order chi connectivity index (χ1) is 14.1. The van der Waals surface area contributed by atoms with Crippen molar-refractivity contribution in [3.05, 3.63) is 78.4 Å². The standard InChI is InChI=1S/C23H20N4O2/c1-15-6-8-16(9-7-15)22-19-4-2-3-5-20(19)23(27-26-22)25-17-10-12-18(13-11-17)29-14-21(24)28/h2-13H,14H2,1H3,(H2,24,28)(H,25,27). The van der Waals surface area contributed by atoms with Gasteiger partial charge < -0.3 is 15.8 Å². The van der Waals surface area contributed by atoms with Crippen LogP contribution in [0.25, 0.3) is 22.0 Å². The number of primary amides is 1. The van der Waals surface area contributed by atoms with Gasteiger partial charge in [-0.3, -0.25) is 4.79 Å². The third-order valence-electron chi connectivity index (χ3n) is 4.51. The monoisotopic (exact) mass is 384 g/mol. The molecule has 4 rings (SSSR count). The van der Waals surface area contributed by atoms with E-state index in [4.69, 9.17) is 10.5 Å². The largest absolute Gasteiger partial charge is 0.484 e. The van der Waals surface area contributed by atoms with Crippen LogP contribution in [0.1, 0.15) is 5.56 Å². The molecule has 6 nitrogen and oxygen atoms in total. The number of aromatic nitrogens is 2. The van der Waals surface area contributed by atoms with Crippen LogP contribution in [0, 0.1) is 6.92 Å². The quantitative estimate of drug-likeness (QED) is 0.520. The molecular formula is C23H20N4O2. The van der Waals surface area contributed by atoms with E-state index in [-0.39, 0.29) is 6.61 Å². The smallest absolute Gasteiger partial charge is 0.255 e. The van der Waals surface area contributed by atoms with Crippen molar-refractivity contribution in [2.75, 3.05) is 11.9 Å². The maximum Gasteiger partial charge on any atom is 0.255 e. The van der Waals surface area contributed by atoms with Crippen LogP contribution in [0.15, 0.2) is 72.8 Å². The SMILES string of the molecule is Cc1ccc(-c2nnc(Nc3ccc(OCC(N)=O)cc3)c3ccccc23)cc1. The van der Waals surface area contributed by atoms with Gasteiger partial charge in [-0.15, -0.1) is 10.2 Å². The molecule has 0 unspecified atom stereocenters. The van der Waals surface area contributed by atoms with Crippen LogP contribution in [0.4, 0.5) is 11.5 Å². The van der Waals surface area contributed by atoms with Crippen molar-refractivity contribution < 1.29 is 9.53 Å².